The number of hydrogen-bond acceptors (Lipinski definition) is 4. The van der Waals surface area contributed by atoms with E-state index in [9.17, 15) is 4.79 Å². The average molecular weight is 364 g/mol. The lowest BCUT2D eigenvalue weighted by Crippen LogP contribution is -2.50. The third-order valence-electron chi connectivity index (χ3n) is 5.79. The molecule has 1 aromatic heterocycles. The Kier molecular flexibility index (Phi) is 5.39. The highest BCUT2D eigenvalue weighted by Gasteiger charge is 2.37. The second-order valence-electron chi connectivity index (χ2n) is 7.85. The van der Waals surface area contributed by atoms with E-state index < -0.39 is 0 Å². The first-order valence-electron chi connectivity index (χ1n) is 9.87. The van der Waals surface area contributed by atoms with Gasteiger partial charge < -0.3 is 9.80 Å². The third kappa shape index (κ3) is 4.30. The van der Waals surface area contributed by atoms with Gasteiger partial charge in [0.1, 0.15) is 0 Å². The van der Waals surface area contributed by atoms with Crippen molar-refractivity contribution < 1.29 is 4.79 Å². The van der Waals surface area contributed by atoms with Gasteiger partial charge in [0.25, 0.3) is 0 Å². The first-order valence-corrected chi connectivity index (χ1v) is 9.87. The molecule has 142 valence electrons. The summed E-state index contributed by atoms with van der Waals surface area (Å²) in [5.74, 6) is 0.814. The molecule has 0 N–H and O–H groups in total. The fourth-order valence-electron chi connectivity index (χ4n) is 4.40. The third-order valence-corrected chi connectivity index (χ3v) is 5.79. The van der Waals surface area contributed by atoms with Crippen LogP contribution in [0.1, 0.15) is 18.5 Å². The van der Waals surface area contributed by atoms with Crippen molar-refractivity contribution in [2.24, 2.45) is 5.92 Å². The summed E-state index contributed by atoms with van der Waals surface area (Å²) in [6, 6.07) is 16.5. The standard InChI is InChI=1S/C22H28N4O/c1-24(20-8-3-2-4-9-20)17-22(27)26-14-18-10-11-21(26)16-25(13-18)15-19-7-5-6-12-23-19/h2-9,12,18,21H,10-11,13-17H2,1H3/t18-,21+/m0/s1. The van der Waals surface area contributed by atoms with E-state index >= 15 is 0 Å². The molecule has 0 saturated carbocycles. The van der Waals surface area contributed by atoms with Gasteiger partial charge in [0, 0.05) is 51.2 Å². The van der Waals surface area contributed by atoms with Gasteiger partial charge in [-0.3, -0.25) is 14.7 Å². The molecule has 1 aromatic carbocycles. The molecule has 0 spiro atoms. The number of benzene rings is 1. The molecule has 2 atom stereocenters. The van der Waals surface area contributed by atoms with Crippen LogP contribution in [0.15, 0.2) is 54.7 Å². The van der Waals surface area contributed by atoms with Gasteiger partial charge in [-0.15, -0.1) is 0 Å². The Morgan fingerprint density at radius 2 is 1.89 bits per heavy atom. The van der Waals surface area contributed by atoms with Crippen molar-refractivity contribution in [3.63, 3.8) is 0 Å². The Balaban J connectivity index is 1.40. The quantitative estimate of drug-likeness (QED) is 0.818. The lowest BCUT2D eigenvalue weighted by Gasteiger charge is -2.37. The molecule has 5 nitrogen and oxygen atoms in total. The second-order valence-corrected chi connectivity index (χ2v) is 7.85. The van der Waals surface area contributed by atoms with Crippen LogP contribution in [0.4, 0.5) is 5.69 Å². The summed E-state index contributed by atoms with van der Waals surface area (Å²) in [5.41, 5.74) is 2.20. The van der Waals surface area contributed by atoms with Crippen LogP contribution in [0.2, 0.25) is 0 Å². The maximum absolute atomic E-state index is 13.0. The van der Waals surface area contributed by atoms with Crippen molar-refractivity contribution in [3.8, 4) is 0 Å². The number of likely N-dealkylation sites (N-methyl/N-ethyl adjacent to an activating group) is 1. The smallest absolute Gasteiger partial charge is 0.242 e. The Labute approximate surface area is 161 Å². The number of rotatable bonds is 5. The van der Waals surface area contributed by atoms with Crippen molar-refractivity contribution in [2.75, 3.05) is 38.1 Å². The van der Waals surface area contributed by atoms with E-state index in [1.165, 1.54) is 6.42 Å². The van der Waals surface area contributed by atoms with Crippen LogP contribution >= 0.6 is 0 Å². The monoisotopic (exact) mass is 364 g/mol. The zero-order valence-electron chi connectivity index (χ0n) is 16.0. The summed E-state index contributed by atoms with van der Waals surface area (Å²) in [6.07, 6.45) is 4.20. The number of aromatic nitrogens is 1. The molecule has 27 heavy (non-hydrogen) atoms. The maximum Gasteiger partial charge on any atom is 0.242 e. The van der Waals surface area contributed by atoms with Crippen molar-refractivity contribution >= 4 is 11.6 Å². The summed E-state index contributed by atoms with van der Waals surface area (Å²) in [6.45, 7) is 4.22. The van der Waals surface area contributed by atoms with E-state index in [1.54, 1.807) is 0 Å². The molecule has 3 fully saturated rings. The van der Waals surface area contributed by atoms with E-state index in [0.29, 0.717) is 18.5 Å². The topological polar surface area (TPSA) is 39.7 Å². The minimum atomic E-state index is 0.246. The highest BCUT2D eigenvalue weighted by Crippen LogP contribution is 2.29. The Bertz CT molecular complexity index is 751. The Morgan fingerprint density at radius 3 is 2.67 bits per heavy atom. The number of amides is 1. The molecule has 5 rings (SSSR count). The van der Waals surface area contributed by atoms with Gasteiger partial charge in [0.2, 0.25) is 5.91 Å². The predicted molar refractivity (Wildman–Crippen MR) is 107 cm³/mol. The molecule has 0 aliphatic carbocycles. The zero-order valence-corrected chi connectivity index (χ0v) is 16.0. The lowest BCUT2D eigenvalue weighted by atomic mass is 9.95. The normalized spacial score (nSPS) is 22.5. The summed E-state index contributed by atoms with van der Waals surface area (Å²) >= 11 is 0. The first-order chi connectivity index (χ1) is 13.2. The van der Waals surface area contributed by atoms with Gasteiger partial charge in [-0.25, -0.2) is 0 Å². The number of para-hydroxylation sites is 1. The number of carbonyl (C=O) groups is 1. The van der Waals surface area contributed by atoms with Crippen LogP contribution in [0, 0.1) is 5.92 Å². The first kappa shape index (κ1) is 18.0. The van der Waals surface area contributed by atoms with E-state index in [2.05, 4.69) is 33.0 Å². The average Bonchev–Trinajstić information content (AvgIpc) is 3.00. The number of hydrogen-bond donors (Lipinski definition) is 0. The van der Waals surface area contributed by atoms with Crippen LogP contribution in [-0.4, -0.2) is 60.0 Å². The number of anilines is 1. The number of piperidine rings is 1. The summed E-state index contributed by atoms with van der Waals surface area (Å²) in [4.78, 5) is 24.2. The van der Waals surface area contributed by atoms with Gasteiger partial charge in [0.15, 0.2) is 0 Å². The van der Waals surface area contributed by atoms with Crippen molar-refractivity contribution in [2.45, 2.75) is 25.4 Å². The lowest BCUT2D eigenvalue weighted by molar-refractivity contribution is -0.133. The van der Waals surface area contributed by atoms with Gasteiger partial charge in [-0.05, 0) is 43.0 Å². The summed E-state index contributed by atoms with van der Waals surface area (Å²) in [5, 5.41) is 0. The highest BCUT2D eigenvalue weighted by molar-refractivity contribution is 5.81. The van der Waals surface area contributed by atoms with Gasteiger partial charge >= 0.3 is 0 Å². The van der Waals surface area contributed by atoms with Crippen molar-refractivity contribution in [1.29, 1.82) is 0 Å². The molecule has 4 heterocycles. The number of fused-ring (bicyclic) bond motifs is 4. The van der Waals surface area contributed by atoms with Crippen LogP contribution in [-0.2, 0) is 11.3 Å². The van der Waals surface area contributed by atoms with Crippen LogP contribution in [0.5, 0.6) is 0 Å². The maximum atomic E-state index is 13.0. The Hall–Kier alpha value is -2.40. The molecule has 3 aliphatic heterocycles. The number of nitrogens with zero attached hydrogens (tertiary/aromatic N) is 4. The predicted octanol–water partition coefficient (Wildman–Crippen LogP) is 2.64. The van der Waals surface area contributed by atoms with Crippen LogP contribution in [0.25, 0.3) is 0 Å². The number of carbonyl (C=O) groups excluding carboxylic acids is 1. The van der Waals surface area contributed by atoms with E-state index in [-0.39, 0.29) is 5.91 Å². The SMILES string of the molecule is CN(CC(=O)N1C[C@H]2CC[C@@H]1CN(Cc1ccccn1)C2)c1ccccc1. The van der Waals surface area contributed by atoms with Crippen LogP contribution < -0.4 is 4.90 Å². The van der Waals surface area contributed by atoms with Gasteiger partial charge in [-0.1, -0.05) is 24.3 Å². The molecule has 2 bridgehead atoms. The fourth-order valence-corrected chi connectivity index (χ4v) is 4.40. The van der Waals surface area contributed by atoms with Gasteiger partial charge in [0.05, 0.1) is 12.2 Å². The molecule has 3 saturated heterocycles. The molecule has 1 amide bonds. The minimum absolute atomic E-state index is 0.246. The molecular formula is C22H28N4O. The largest absolute Gasteiger partial charge is 0.365 e. The summed E-state index contributed by atoms with van der Waals surface area (Å²) in [7, 11) is 2.00. The van der Waals surface area contributed by atoms with Gasteiger partial charge in [-0.2, -0.15) is 0 Å². The van der Waals surface area contributed by atoms with Crippen molar-refractivity contribution in [3.05, 3.63) is 60.4 Å². The molecule has 3 aliphatic rings. The fraction of sp³-hybridized carbons (Fsp3) is 0.455. The van der Waals surface area contributed by atoms with Crippen LogP contribution in [0.3, 0.4) is 0 Å². The molecular weight excluding hydrogens is 336 g/mol. The number of pyridine rings is 1. The van der Waals surface area contributed by atoms with E-state index in [1.807, 2.05) is 48.5 Å². The second kappa shape index (κ2) is 8.09. The van der Waals surface area contributed by atoms with E-state index in [0.717, 1.165) is 44.0 Å². The minimum Gasteiger partial charge on any atom is -0.365 e. The van der Waals surface area contributed by atoms with E-state index in [4.69, 9.17) is 0 Å². The molecule has 2 aromatic rings. The Morgan fingerprint density at radius 1 is 1.07 bits per heavy atom. The van der Waals surface area contributed by atoms with Crippen molar-refractivity contribution in [1.82, 2.24) is 14.8 Å². The molecule has 0 unspecified atom stereocenters. The molecule has 0 radical (unpaired) electrons. The molecule has 5 heteroatoms. The summed E-state index contributed by atoms with van der Waals surface area (Å²) < 4.78 is 0. The zero-order chi connectivity index (χ0) is 18.6. The highest BCUT2D eigenvalue weighted by atomic mass is 16.2.